The van der Waals surface area contributed by atoms with Gasteiger partial charge in [-0.05, 0) is 0 Å². The molecule has 0 radical (unpaired) electrons. The summed E-state index contributed by atoms with van der Waals surface area (Å²) in [7, 11) is 0. The minimum atomic E-state index is 0. The average Bonchev–Trinajstić information content (AvgIpc) is 1.00. The molecule has 0 fully saturated rings. The van der Waals surface area contributed by atoms with Gasteiger partial charge in [0.25, 0.3) is 0 Å². The molecule has 63 valence electrons. The first-order valence-electron chi connectivity index (χ1n) is 0.136. The summed E-state index contributed by atoms with van der Waals surface area (Å²) < 4.78 is 7.94. The molecule has 0 aliphatic carbocycles. The molecule has 0 saturated heterocycles. The normalized spacial score (nSPS) is 0.625. The Kier molecular flexibility index (Phi) is 2600000. The van der Waals surface area contributed by atoms with Gasteiger partial charge in [0, 0.05) is 0 Å². The van der Waals surface area contributed by atoms with Crippen molar-refractivity contribution in [1.82, 2.24) is 0 Å². The zero-order valence-corrected chi connectivity index (χ0v) is 4.78. The average molecular weight is 183 g/mol. The Morgan fingerprint density at radius 2 is 0.500 bits per heavy atom. The van der Waals surface area contributed by atoms with E-state index in [0.717, 1.165) is 0 Å². The minimum absolute atomic E-state index is 0. The fourth-order valence-electron chi connectivity index (χ4n) is 0. The third-order valence-electron chi connectivity index (χ3n) is 0. The molecule has 0 spiro atoms. The second kappa shape index (κ2) is 58800. The van der Waals surface area contributed by atoms with E-state index >= 15 is 0 Å². The Labute approximate surface area is 53.3 Å². The van der Waals surface area contributed by atoms with E-state index in [9.17, 15) is 0 Å². The van der Waals surface area contributed by atoms with E-state index in [4.69, 9.17) is 3.87 Å². The molecule has 0 aromatic carbocycles. The maximum absolute atomic E-state index is 7.94. The van der Waals surface area contributed by atoms with Crippen LogP contribution >= 0.6 is 0 Å². The standard InChI is InChI=1S/Co.6H2O.O/h;6*1H2;. The van der Waals surface area contributed by atoms with E-state index in [1.807, 2.05) is 0 Å². The van der Waals surface area contributed by atoms with Gasteiger partial charge in [0.05, 0.1) is 0 Å². The Balaban J connectivity index is -0.000000000333. The maximum atomic E-state index is 7.94. The van der Waals surface area contributed by atoms with Crippen molar-refractivity contribution < 1.29 is 52.4 Å². The third kappa shape index (κ3) is 35200. The van der Waals surface area contributed by atoms with Gasteiger partial charge in [0.2, 0.25) is 0 Å². The zero-order valence-electron chi connectivity index (χ0n) is 3.74. The fraction of sp³-hybridized carbons (Fsp3) is 0. The molecule has 0 atom stereocenters. The van der Waals surface area contributed by atoms with E-state index in [0.29, 0.717) is 0 Å². The molecule has 8 heteroatoms. The topological polar surface area (TPSA) is 206 Å². The van der Waals surface area contributed by atoms with E-state index < -0.39 is 0 Å². The molecule has 0 aliphatic rings. The summed E-state index contributed by atoms with van der Waals surface area (Å²) >= 11 is 2.31. The van der Waals surface area contributed by atoms with Crippen LogP contribution in [0.2, 0.25) is 0 Å². The summed E-state index contributed by atoms with van der Waals surface area (Å²) in [6.45, 7) is 0. The molecule has 7 nitrogen and oxygen atoms in total. The number of rotatable bonds is 0. The van der Waals surface area contributed by atoms with Crippen LogP contribution in [0.5, 0.6) is 0 Å². The van der Waals surface area contributed by atoms with Crippen molar-refractivity contribution >= 4 is 0 Å². The summed E-state index contributed by atoms with van der Waals surface area (Å²) in [6, 6.07) is 0. The molecule has 8 heavy (non-hydrogen) atoms. The van der Waals surface area contributed by atoms with Crippen LogP contribution in [0.25, 0.3) is 0 Å². The summed E-state index contributed by atoms with van der Waals surface area (Å²) in [5.41, 5.74) is 0. The van der Waals surface area contributed by atoms with Crippen molar-refractivity contribution in [2.24, 2.45) is 0 Å². The summed E-state index contributed by atoms with van der Waals surface area (Å²) in [4.78, 5) is 0. The summed E-state index contributed by atoms with van der Waals surface area (Å²) in [6.07, 6.45) is 0. The predicted octanol–water partition coefficient (Wildman–Crippen LogP) is -5.07. The van der Waals surface area contributed by atoms with Gasteiger partial charge in [0.15, 0.2) is 0 Å². The fourth-order valence-corrected chi connectivity index (χ4v) is 0. The van der Waals surface area contributed by atoms with Crippen LogP contribution in [-0.2, 0) is 19.5 Å². The Morgan fingerprint density at radius 1 is 0.500 bits per heavy atom. The van der Waals surface area contributed by atoms with Gasteiger partial charge < -0.3 is 32.9 Å². The van der Waals surface area contributed by atoms with Crippen LogP contribution in [0, 0.1) is 0 Å². The van der Waals surface area contributed by atoms with Crippen LogP contribution in [0.15, 0.2) is 0 Å². The molecule has 0 aliphatic heterocycles. The molecular formula is H12CoO7. The van der Waals surface area contributed by atoms with Crippen LogP contribution in [0.4, 0.5) is 0 Å². The first-order valence-corrected chi connectivity index (χ1v) is 0.561. The first-order chi connectivity index (χ1) is 1.00. The van der Waals surface area contributed by atoms with Gasteiger partial charge in [0.1, 0.15) is 0 Å². The Morgan fingerprint density at radius 3 is 0.500 bits per heavy atom. The van der Waals surface area contributed by atoms with Crippen LogP contribution < -0.4 is 0 Å². The Hall–Kier alpha value is 0.0665. The van der Waals surface area contributed by atoms with Crippen molar-refractivity contribution in [2.75, 3.05) is 0 Å². The molecule has 0 aromatic rings. The van der Waals surface area contributed by atoms with Gasteiger partial charge in [-0.25, -0.2) is 0 Å². The van der Waals surface area contributed by atoms with Crippen LogP contribution in [-0.4, -0.2) is 32.9 Å². The number of hydrogen-bond acceptors (Lipinski definition) is 1. The molecule has 0 aromatic heterocycles. The van der Waals surface area contributed by atoms with Gasteiger partial charge in [-0.2, -0.15) is 0 Å². The third-order valence-corrected chi connectivity index (χ3v) is 0. The van der Waals surface area contributed by atoms with Crippen molar-refractivity contribution in [1.29, 1.82) is 0 Å². The second-order valence-electron chi connectivity index (χ2n) is 0. The Bertz CT molecular complexity index is 4.35. The quantitative estimate of drug-likeness (QED) is 0.354. The van der Waals surface area contributed by atoms with Crippen LogP contribution in [0.1, 0.15) is 0 Å². The van der Waals surface area contributed by atoms with E-state index in [1.165, 1.54) is 0 Å². The van der Waals surface area contributed by atoms with Crippen molar-refractivity contribution in [3.8, 4) is 0 Å². The monoisotopic (exact) mass is 183 g/mol. The van der Waals surface area contributed by atoms with Gasteiger partial charge in [-0.3, -0.25) is 0 Å². The second-order valence-corrected chi connectivity index (χ2v) is 0. The summed E-state index contributed by atoms with van der Waals surface area (Å²) in [5.74, 6) is 0. The molecule has 0 saturated carbocycles. The van der Waals surface area contributed by atoms with Crippen LogP contribution in [0.3, 0.4) is 0 Å². The van der Waals surface area contributed by atoms with E-state index in [2.05, 4.69) is 15.7 Å². The zero-order chi connectivity index (χ0) is 2.00. The van der Waals surface area contributed by atoms with E-state index in [-0.39, 0.29) is 32.9 Å². The van der Waals surface area contributed by atoms with Crippen molar-refractivity contribution in [3.63, 3.8) is 0 Å². The molecule has 0 amide bonds. The molecular weight excluding hydrogens is 171 g/mol. The number of hydrogen-bond donors (Lipinski definition) is 0. The summed E-state index contributed by atoms with van der Waals surface area (Å²) in [5, 5.41) is 0. The van der Waals surface area contributed by atoms with Crippen molar-refractivity contribution in [2.45, 2.75) is 0 Å². The van der Waals surface area contributed by atoms with Crippen molar-refractivity contribution in [3.05, 3.63) is 0 Å². The van der Waals surface area contributed by atoms with Gasteiger partial charge in [-0.15, -0.1) is 0 Å². The molecule has 0 heterocycles. The predicted molar refractivity (Wildman–Crippen MR) is 22.4 cm³/mol. The molecule has 12 N–H and O–H groups in total. The molecule has 0 unspecified atom stereocenters. The van der Waals surface area contributed by atoms with Gasteiger partial charge >= 0.3 is 19.5 Å². The molecule has 0 bridgehead atoms. The van der Waals surface area contributed by atoms with E-state index in [1.54, 1.807) is 0 Å². The SMILES string of the molecule is O.O.O.O.O.O.[O]=[Co]. The van der Waals surface area contributed by atoms with Gasteiger partial charge in [-0.1, -0.05) is 0 Å². The first kappa shape index (κ1) is 354. The molecule has 0 rings (SSSR count).